The van der Waals surface area contributed by atoms with Crippen LogP contribution in [0.15, 0.2) is 24.3 Å². The van der Waals surface area contributed by atoms with Crippen LogP contribution < -0.4 is 0 Å². The number of benzene rings is 1. The average Bonchev–Trinajstić information content (AvgIpc) is 2.49. The van der Waals surface area contributed by atoms with Crippen molar-refractivity contribution in [2.24, 2.45) is 5.41 Å². The normalized spacial score (nSPS) is 33.4. The van der Waals surface area contributed by atoms with Crippen molar-refractivity contribution in [3.05, 3.63) is 35.4 Å². The van der Waals surface area contributed by atoms with Gasteiger partial charge in [-0.3, -0.25) is 0 Å². The second kappa shape index (κ2) is 4.37. The zero-order valence-corrected chi connectivity index (χ0v) is 12.1. The lowest BCUT2D eigenvalue weighted by molar-refractivity contribution is 0.0849. The Bertz CT molecular complexity index is 479. The van der Waals surface area contributed by atoms with Crippen LogP contribution in [-0.4, -0.2) is 0 Å². The maximum atomic E-state index is 9.37. The monoisotopic (exact) mass is 253 g/mol. The van der Waals surface area contributed by atoms with Crippen molar-refractivity contribution in [3.8, 4) is 6.07 Å². The van der Waals surface area contributed by atoms with Crippen molar-refractivity contribution in [3.63, 3.8) is 0 Å². The highest BCUT2D eigenvalue weighted by Crippen LogP contribution is 2.57. The molecule has 4 rings (SSSR count). The number of nitrogens with zero attached hydrogens (tertiary/aromatic N) is 1. The minimum Gasteiger partial charge on any atom is -0.198 e. The van der Waals surface area contributed by atoms with Gasteiger partial charge in [-0.05, 0) is 61.0 Å². The minimum atomic E-state index is 0.0274. The van der Waals surface area contributed by atoms with E-state index in [1.165, 1.54) is 30.4 Å². The van der Waals surface area contributed by atoms with Crippen LogP contribution >= 0.6 is 0 Å². The van der Waals surface area contributed by atoms with E-state index in [9.17, 15) is 5.26 Å². The Morgan fingerprint density at radius 3 is 1.89 bits per heavy atom. The van der Waals surface area contributed by atoms with Gasteiger partial charge in [0.05, 0.1) is 11.5 Å². The molecule has 0 aliphatic heterocycles. The molecule has 1 aromatic rings. The zero-order valence-electron chi connectivity index (χ0n) is 12.1. The highest BCUT2D eigenvalue weighted by atomic mass is 14.5. The maximum absolute atomic E-state index is 9.37. The van der Waals surface area contributed by atoms with Crippen molar-refractivity contribution < 1.29 is 0 Å². The molecule has 100 valence electrons. The third-order valence-corrected chi connectivity index (χ3v) is 5.67. The molecule has 0 atom stereocenters. The fourth-order valence-electron chi connectivity index (χ4n) is 4.01. The molecule has 1 heteroatoms. The fourth-order valence-corrected chi connectivity index (χ4v) is 4.01. The molecule has 0 N–H and O–H groups in total. The quantitative estimate of drug-likeness (QED) is 0.733. The van der Waals surface area contributed by atoms with Gasteiger partial charge < -0.3 is 0 Å². The van der Waals surface area contributed by atoms with E-state index < -0.39 is 0 Å². The van der Waals surface area contributed by atoms with Crippen LogP contribution in [0.25, 0.3) is 0 Å². The predicted molar refractivity (Wildman–Crippen MR) is 78.0 cm³/mol. The number of rotatable bonds is 2. The summed E-state index contributed by atoms with van der Waals surface area (Å²) in [4.78, 5) is 0. The largest absolute Gasteiger partial charge is 0.198 e. The van der Waals surface area contributed by atoms with E-state index in [1.54, 1.807) is 0 Å². The Kier molecular flexibility index (Phi) is 2.93. The van der Waals surface area contributed by atoms with E-state index in [4.69, 9.17) is 0 Å². The molecule has 19 heavy (non-hydrogen) atoms. The summed E-state index contributed by atoms with van der Waals surface area (Å²) in [5, 5.41) is 9.37. The summed E-state index contributed by atoms with van der Waals surface area (Å²) in [6, 6.07) is 11.9. The molecular weight excluding hydrogens is 230 g/mol. The van der Waals surface area contributed by atoms with Gasteiger partial charge >= 0.3 is 0 Å². The summed E-state index contributed by atoms with van der Waals surface area (Å²) in [5.74, 6) is 0.607. The molecule has 0 heterocycles. The number of hydrogen-bond acceptors (Lipinski definition) is 1. The second-order valence-electron chi connectivity index (χ2n) is 6.95. The average molecular weight is 253 g/mol. The van der Waals surface area contributed by atoms with Crippen molar-refractivity contribution in [2.45, 2.75) is 63.7 Å². The molecule has 0 unspecified atom stereocenters. The second-order valence-corrected chi connectivity index (χ2v) is 6.95. The van der Waals surface area contributed by atoms with Gasteiger partial charge in [-0.15, -0.1) is 0 Å². The number of hydrogen-bond donors (Lipinski definition) is 0. The van der Waals surface area contributed by atoms with Gasteiger partial charge in [-0.1, -0.05) is 38.1 Å². The van der Waals surface area contributed by atoms with Crippen molar-refractivity contribution in [1.29, 1.82) is 5.26 Å². The summed E-state index contributed by atoms with van der Waals surface area (Å²) >= 11 is 0. The van der Waals surface area contributed by atoms with E-state index in [0.717, 1.165) is 19.3 Å². The van der Waals surface area contributed by atoms with Gasteiger partial charge in [0.1, 0.15) is 0 Å². The van der Waals surface area contributed by atoms with Crippen LogP contribution in [0.5, 0.6) is 0 Å². The van der Waals surface area contributed by atoms with Crippen molar-refractivity contribution >= 4 is 0 Å². The van der Waals surface area contributed by atoms with Crippen molar-refractivity contribution in [2.75, 3.05) is 0 Å². The van der Waals surface area contributed by atoms with E-state index in [1.807, 2.05) is 0 Å². The van der Waals surface area contributed by atoms with Crippen LogP contribution in [0.2, 0.25) is 0 Å². The molecular formula is C18H23N. The Morgan fingerprint density at radius 2 is 1.47 bits per heavy atom. The highest BCUT2D eigenvalue weighted by molar-refractivity contribution is 5.33. The Hall–Kier alpha value is -1.29. The molecule has 0 spiro atoms. The standard InChI is InChI=1S/C18H23N/c1-14(2)15-3-5-16(6-4-15)18-10-7-17(13-19,8-11-18)9-12-18/h3-6,14H,7-12H2,1-2H3. The summed E-state index contributed by atoms with van der Waals surface area (Å²) in [6.07, 6.45) is 6.95. The third-order valence-electron chi connectivity index (χ3n) is 5.67. The van der Waals surface area contributed by atoms with Crippen LogP contribution in [0.3, 0.4) is 0 Å². The molecule has 0 amide bonds. The molecule has 3 aliphatic rings. The molecule has 0 radical (unpaired) electrons. The van der Waals surface area contributed by atoms with Gasteiger partial charge in [-0.2, -0.15) is 5.26 Å². The van der Waals surface area contributed by atoms with Crippen molar-refractivity contribution in [1.82, 2.24) is 0 Å². The molecule has 3 saturated carbocycles. The molecule has 1 nitrogen and oxygen atoms in total. The van der Waals surface area contributed by atoms with Crippen LogP contribution in [0, 0.1) is 16.7 Å². The number of fused-ring (bicyclic) bond motifs is 3. The lowest BCUT2D eigenvalue weighted by Crippen LogP contribution is -2.43. The minimum absolute atomic E-state index is 0.0274. The number of nitriles is 1. The summed E-state index contributed by atoms with van der Waals surface area (Å²) < 4.78 is 0. The SMILES string of the molecule is CC(C)c1ccc(C23CCC(C#N)(CC2)CC3)cc1. The van der Waals surface area contributed by atoms with E-state index in [0.29, 0.717) is 11.3 Å². The van der Waals surface area contributed by atoms with Gasteiger partial charge in [0, 0.05) is 0 Å². The summed E-state index contributed by atoms with van der Waals surface area (Å²) in [7, 11) is 0. The molecule has 0 aromatic heterocycles. The first kappa shape index (κ1) is 12.7. The summed E-state index contributed by atoms with van der Waals surface area (Å²) in [6.45, 7) is 4.49. The molecule has 1 aromatic carbocycles. The smallest absolute Gasteiger partial charge is 0.0689 e. The van der Waals surface area contributed by atoms with E-state index >= 15 is 0 Å². The van der Waals surface area contributed by atoms with Gasteiger partial charge in [0.25, 0.3) is 0 Å². The summed E-state index contributed by atoms with van der Waals surface area (Å²) in [5.41, 5.74) is 3.36. The lowest BCUT2D eigenvalue weighted by atomic mass is 9.52. The molecule has 3 fully saturated rings. The van der Waals surface area contributed by atoms with Gasteiger partial charge in [0.2, 0.25) is 0 Å². The fraction of sp³-hybridized carbons (Fsp3) is 0.611. The highest BCUT2D eigenvalue weighted by Gasteiger charge is 2.49. The first-order chi connectivity index (χ1) is 9.09. The van der Waals surface area contributed by atoms with Crippen LogP contribution in [0.1, 0.15) is 69.4 Å². The first-order valence-corrected chi connectivity index (χ1v) is 7.61. The molecule has 2 bridgehead atoms. The lowest BCUT2D eigenvalue weighted by Gasteiger charge is -2.50. The maximum Gasteiger partial charge on any atom is 0.0689 e. The molecule has 3 aliphatic carbocycles. The third kappa shape index (κ3) is 1.98. The Labute approximate surface area is 116 Å². The zero-order chi connectivity index (χ0) is 13.5. The topological polar surface area (TPSA) is 23.8 Å². The Morgan fingerprint density at radius 1 is 0.947 bits per heavy atom. The predicted octanol–water partition coefficient (Wildman–Crippen LogP) is 4.93. The van der Waals surface area contributed by atoms with Gasteiger partial charge in [-0.25, -0.2) is 0 Å². The van der Waals surface area contributed by atoms with Crippen LogP contribution in [-0.2, 0) is 5.41 Å². The Balaban J connectivity index is 1.86. The van der Waals surface area contributed by atoms with E-state index in [-0.39, 0.29) is 5.41 Å². The van der Waals surface area contributed by atoms with Gasteiger partial charge in [0.15, 0.2) is 0 Å². The first-order valence-electron chi connectivity index (χ1n) is 7.61. The van der Waals surface area contributed by atoms with Crippen LogP contribution in [0.4, 0.5) is 0 Å². The van der Waals surface area contributed by atoms with E-state index in [2.05, 4.69) is 44.2 Å². The molecule has 0 saturated heterocycles.